The zero-order chi connectivity index (χ0) is 20.7. The van der Waals surface area contributed by atoms with Crippen LogP contribution in [0, 0.1) is 11.3 Å². The molecule has 2 N–H and O–H groups in total. The number of anilines is 1. The van der Waals surface area contributed by atoms with Gasteiger partial charge in [0.05, 0.1) is 23.9 Å². The van der Waals surface area contributed by atoms with Crippen LogP contribution in [0.5, 0.6) is 5.75 Å². The van der Waals surface area contributed by atoms with E-state index in [1.807, 2.05) is 36.6 Å². The van der Waals surface area contributed by atoms with Gasteiger partial charge in [0.1, 0.15) is 18.5 Å². The average Bonchev–Trinajstić information content (AvgIpc) is 3.02. The first-order chi connectivity index (χ1) is 13.6. The van der Waals surface area contributed by atoms with Gasteiger partial charge in [-0.15, -0.1) is 0 Å². The summed E-state index contributed by atoms with van der Waals surface area (Å²) in [5.41, 5.74) is 3.30. The zero-order valence-electron chi connectivity index (χ0n) is 16.3. The molecule has 1 aromatic heterocycles. The number of nitrogens with zero attached hydrogens (tertiary/aromatic N) is 2. The molecule has 7 heteroatoms. The van der Waals surface area contributed by atoms with Gasteiger partial charge in [-0.1, -0.05) is 26.0 Å². The van der Waals surface area contributed by atoms with Crippen molar-refractivity contribution in [3.63, 3.8) is 0 Å². The number of hydrogen-bond acceptors (Lipinski definition) is 4. The largest absolute Gasteiger partial charge is 0.497 e. The van der Waals surface area contributed by atoms with Crippen molar-refractivity contribution < 1.29 is 20.8 Å². The van der Waals surface area contributed by atoms with E-state index in [0.29, 0.717) is 22.7 Å². The van der Waals surface area contributed by atoms with Crippen LogP contribution in [0.3, 0.4) is 0 Å². The van der Waals surface area contributed by atoms with Crippen LogP contribution in [0.4, 0.5) is 10.5 Å². The van der Waals surface area contributed by atoms with E-state index in [1.54, 1.807) is 38.5 Å². The first-order valence-corrected chi connectivity index (χ1v) is 8.78. The predicted molar refractivity (Wildman–Crippen MR) is 111 cm³/mol. The van der Waals surface area contributed by atoms with E-state index in [-0.39, 0.29) is 8.16 Å². The van der Waals surface area contributed by atoms with Crippen LogP contribution in [0.1, 0.15) is 20.8 Å². The molecule has 0 radical (unpaired) electrons. The van der Waals surface area contributed by atoms with E-state index in [9.17, 15) is 10.1 Å². The van der Waals surface area contributed by atoms with Gasteiger partial charge in [-0.25, -0.2) is 4.79 Å². The highest BCUT2D eigenvalue weighted by Crippen LogP contribution is 2.35. The van der Waals surface area contributed by atoms with Crippen molar-refractivity contribution >= 4 is 22.7 Å². The lowest BCUT2D eigenvalue weighted by Gasteiger charge is -2.11. The first-order valence-electron chi connectivity index (χ1n) is 8.78. The Morgan fingerprint density at radius 3 is 2.43 bits per heavy atom. The Morgan fingerprint density at radius 2 is 1.89 bits per heavy atom. The average molecular weight is 383 g/mol. The molecule has 0 atom stereocenters. The molecule has 28 heavy (non-hydrogen) atoms. The maximum absolute atomic E-state index is 10.8. The molecular weight excluding hydrogens is 358 g/mol. The SMILES string of the molecule is CC.COCn1c(-c2ccc(NC(=O)O)cc2)c(C#N)c2ccc(OC)cc21.[HH]. The number of fused-ring (bicyclic) bond motifs is 1. The molecule has 0 unspecified atom stereocenters. The summed E-state index contributed by atoms with van der Waals surface area (Å²) < 4.78 is 12.5. The molecule has 7 nitrogen and oxygen atoms in total. The number of ether oxygens (including phenoxy) is 2. The fourth-order valence-corrected chi connectivity index (χ4v) is 2.97. The lowest BCUT2D eigenvalue weighted by Crippen LogP contribution is -2.07. The maximum atomic E-state index is 10.8. The number of amides is 1. The van der Waals surface area contributed by atoms with E-state index in [0.717, 1.165) is 16.5 Å². The van der Waals surface area contributed by atoms with Crippen molar-refractivity contribution in [1.82, 2.24) is 4.57 Å². The summed E-state index contributed by atoms with van der Waals surface area (Å²) in [5.74, 6) is 0.685. The molecule has 0 spiro atoms. The lowest BCUT2D eigenvalue weighted by atomic mass is 10.1. The van der Waals surface area contributed by atoms with Gasteiger partial charge in [-0.3, -0.25) is 5.32 Å². The Hall–Kier alpha value is -3.50. The molecule has 0 aliphatic rings. The fourth-order valence-electron chi connectivity index (χ4n) is 2.97. The molecular formula is C21H25N3O4. The zero-order valence-corrected chi connectivity index (χ0v) is 16.3. The summed E-state index contributed by atoms with van der Waals surface area (Å²) in [6.07, 6.45) is -1.13. The van der Waals surface area contributed by atoms with Crippen molar-refractivity contribution in [3.05, 3.63) is 48.0 Å². The predicted octanol–water partition coefficient (Wildman–Crippen LogP) is 5.15. The lowest BCUT2D eigenvalue weighted by molar-refractivity contribution is 0.136. The second-order valence-electron chi connectivity index (χ2n) is 5.57. The van der Waals surface area contributed by atoms with E-state index in [2.05, 4.69) is 11.4 Å². The van der Waals surface area contributed by atoms with Gasteiger partial charge in [-0.2, -0.15) is 5.26 Å². The van der Waals surface area contributed by atoms with Gasteiger partial charge < -0.3 is 19.1 Å². The minimum atomic E-state index is -1.13. The number of rotatable bonds is 5. The highest BCUT2D eigenvalue weighted by Gasteiger charge is 2.19. The second-order valence-corrected chi connectivity index (χ2v) is 5.57. The molecule has 1 amide bonds. The van der Waals surface area contributed by atoms with E-state index >= 15 is 0 Å². The fraction of sp³-hybridized carbons (Fsp3) is 0.238. The number of carboxylic acid groups (broad SMARTS) is 1. The van der Waals surface area contributed by atoms with Gasteiger partial charge >= 0.3 is 6.09 Å². The molecule has 0 saturated heterocycles. The van der Waals surface area contributed by atoms with Gasteiger partial charge in [-0.05, 0) is 29.8 Å². The van der Waals surface area contributed by atoms with Crippen molar-refractivity contribution in [1.29, 1.82) is 5.26 Å². The number of aromatic nitrogens is 1. The highest BCUT2D eigenvalue weighted by molar-refractivity contribution is 5.95. The quantitative estimate of drug-likeness (QED) is 0.635. The molecule has 0 bridgehead atoms. The minimum absolute atomic E-state index is 0. The highest BCUT2D eigenvalue weighted by atomic mass is 16.5. The summed E-state index contributed by atoms with van der Waals surface area (Å²) in [6, 6.07) is 14.6. The number of benzene rings is 2. The number of nitriles is 1. The third kappa shape index (κ3) is 4.08. The van der Waals surface area contributed by atoms with Gasteiger partial charge in [0.2, 0.25) is 0 Å². The molecule has 0 saturated carbocycles. The summed E-state index contributed by atoms with van der Waals surface area (Å²) in [5, 5.41) is 21.6. The van der Waals surface area contributed by atoms with Crippen LogP contribution in [-0.2, 0) is 11.5 Å². The van der Waals surface area contributed by atoms with E-state index in [4.69, 9.17) is 14.6 Å². The monoisotopic (exact) mass is 383 g/mol. The summed E-state index contributed by atoms with van der Waals surface area (Å²) in [6.45, 7) is 4.26. The van der Waals surface area contributed by atoms with Crippen LogP contribution >= 0.6 is 0 Å². The normalized spacial score (nSPS) is 9.96. The maximum Gasteiger partial charge on any atom is 0.409 e. The third-order valence-electron chi connectivity index (χ3n) is 4.05. The van der Waals surface area contributed by atoms with Gasteiger partial charge in [0, 0.05) is 25.7 Å². The Morgan fingerprint density at radius 1 is 1.21 bits per heavy atom. The van der Waals surface area contributed by atoms with Gasteiger partial charge in [0.15, 0.2) is 0 Å². The van der Waals surface area contributed by atoms with Crippen LogP contribution in [-0.4, -0.2) is 30.0 Å². The summed E-state index contributed by atoms with van der Waals surface area (Å²) >= 11 is 0. The smallest absolute Gasteiger partial charge is 0.409 e. The number of methoxy groups -OCH3 is 2. The number of nitrogens with one attached hydrogen (secondary N) is 1. The topological polar surface area (TPSA) is 96.5 Å². The van der Waals surface area contributed by atoms with Crippen LogP contribution in [0.15, 0.2) is 42.5 Å². The second kappa shape index (κ2) is 9.44. The Labute approximate surface area is 165 Å². The standard InChI is InChI=1S/C19H17N3O4.C2H6.H2/c1-25-11-22-17-9-14(26-2)7-8-15(17)16(10-20)18(22)12-3-5-13(6-4-12)21-19(23)24;1-2;/h3-9,21H,11H2,1-2H3,(H,23,24);1-2H3;1H. The molecule has 2 aromatic carbocycles. The Balaban J connectivity index is 0.00000136. The summed E-state index contributed by atoms with van der Waals surface area (Å²) in [7, 11) is 3.17. The van der Waals surface area contributed by atoms with Crippen LogP contribution < -0.4 is 10.1 Å². The summed E-state index contributed by atoms with van der Waals surface area (Å²) in [4.78, 5) is 10.8. The molecule has 0 fully saturated rings. The molecule has 1 heterocycles. The molecule has 0 aliphatic heterocycles. The number of carbonyl (C=O) groups is 1. The van der Waals surface area contributed by atoms with Crippen molar-refractivity contribution in [2.75, 3.05) is 19.5 Å². The van der Waals surface area contributed by atoms with Crippen molar-refractivity contribution in [3.8, 4) is 23.1 Å². The molecule has 3 rings (SSSR count). The number of hydrogen-bond donors (Lipinski definition) is 2. The van der Waals surface area contributed by atoms with Crippen molar-refractivity contribution in [2.24, 2.45) is 0 Å². The van der Waals surface area contributed by atoms with E-state index in [1.165, 1.54) is 0 Å². The molecule has 3 aromatic rings. The van der Waals surface area contributed by atoms with Crippen LogP contribution in [0.2, 0.25) is 0 Å². The Kier molecular flexibility index (Phi) is 7.02. The van der Waals surface area contributed by atoms with E-state index < -0.39 is 6.09 Å². The Bertz CT molecular complexity index is 1010. The third-order valence-corrected chi connectivity index (χ3v) is 4.05. The van der Waals surface area contributed by atoms with Crippen molar-refractivity contribution in [2.45, 2.75) is 20.6 Å². The van der Waals surface area contributed by atoms with Crippen LogP contribution in [0.25, 0.3) is 22.2 Å². The first kappa shape index (κ1) is 20.8. The minimum Gasteiger partial charge on any atom is -0.497 e. The molecule has 148 valence electrons. The molecule has 0 aliphatic carbocycles. The van der Waals surface area contributed by atoms with Gasteiger partial charge in [0.25, 0.3) is 0 Å².